The van der Waals surface area contributed by atoms with Gasteiger partial charge < -0.3 is 19.7 Å². The monoisotopic (exact) mass is 375 g/mol. The van der Waals surface area contributed by atoms with Crippen LogP contribution >= 0.6 is 11.3 Å². The molecular weight excluding hydrogens is 354 g/mol. The number of rotatable bonds is 6. The van der Waals surface area contributed by atoms with Crippen molar-refractivity contribution in [1.82, 2.24) is 10.3 Å². The molecule has 3 rings (SSSR count). The second-order valence-electron chi connectivity index (χ2n) is 6.02. The van der Waals surface area contributed by atoms with Crippen molar-refractivity contribution in [2.45, 2.75) is 19.9 Å². The van der Waals surface area contributed by atoms with E-state index < -0.39 is 0 Å². The summed E-state index contributed by atoms with van der Waals surface area (Å²) in [6.45, 7) is 2.65. The molecule has 0 bridgehead atoms. The van der Waals surface area contributed by atoms with Gasteiger partial charge in [-0.25, -0.2) is 4.98 Å². The lowest BCUT2D eigenvalue weighted by atomic mass is 10.1. The van der Waals surface area contributed by atoms with Gasteiger partial charge in [-0.2, -0.15) is 0 Å². The zero-order valence-electron chi connectivity index (χ0n) is 14.9. The first-order chi connectivity index (χ1) is 12.5. The van der Waals surface area contributed by atoms with Crippen LogP contribution in [0.25, 0.3) is 0 Å². The molecule has 0 aliphatic carbocycles. The third-order valence-corrected chi connectivity index (χ3v) is 5.11. The molecule has 1 aliphatic heterocycles. The van der Waals surface area contributed by atoms with Crippen molar-refractivity contribution < 1.29 is 19.1 Å². The van der Waals surface area contributed by atoms with Crippen LogP contribution in [0.1, 0.15) is 17.1 Å². The number of benzene rings is 1. The predicted molar refractivity (Wildman–Crippen MR) is 98.7 cm³/mol. The minimum Gasteiger partial charge on any atom is -0.493 e. The first kappa shape index (κ1) is 18.2. The summed E-state index contributed by atoms with van der Waals surface area (Å²) in [5.41, 5.74) is 1.53. The number of thiazole rings is 1. The number of amides is 2. The van der Waals surface area contributed by atoms with E-state index in [9.17, 15) is 9.59 Å². The standard InChI is InChI=1S/C18H21N3O4S/c1-11-20-13(10-26-11)8-19-18(23)12-6-17(22)21(9-12)14-4-5-15(24-2)16(7-14)25-3/h4-5,7,10,12H,6,8-9H2,1-3H3,(H,19,23). The van der Waals surface area contributed by atoms with Crippen molar-refractivity contribution in [1.29, 1.82) is 0 Å². The number of aryl methyl sites for hydroxylation is 1. The van der Waals surface area contributed by atoms with Crippen molar-refractivity contribution in [2.24, 2.45) is 5.92 Å². The van der Waals surface area contributed by atoms with E-state index in [1.807, 2.05) is 12.3 Å². The van der Waals surface area contributed by atoms with E-state index >= 15 is 0 Å². The number of aromatic nitrogens is 1. The summed E-state index contributed by atoms with van der Waals surface area (Å²) in [5, 5.41) is 5.75. The van der Waals surface area contributed by atoms with Crippen LogP contribution in [0.4, 0.5) is 5.69 Å². The molecule has 2 aromatic rings. The van der Waals surface area contributed by atoms with Gasteiger partial charge in [0, 0.05) is 30.1 Å². The second kappa shape index (κ2) is 7.74. The lowest BCUT2D eigenvalue weighted by Gasteiger charge is -2.18. The summed E-state index contributed by atoms with van der Waals surface area (Å²) < 4.78 is 10.5. The van der Waals surface area contributed by atoms with Crippen molar-refractivity contribution in [3.8, 4) is 11.5 Å². The van der Waals surface area contributed by atoms with Crippen LogP contribution in [0.15, 0.2) is 23.6 Å². The van der Waals surface area contributed by atoms with Gasteiger partial charge in [-0.05, 0) is 19.1 Å². The van der Waals surface area contributed by atoms with Gasteiger partial charge in [0.15, 0.2) is 11.5 Å². The number of nitrogens with zero attached hydrogens (tertiary/aromatic N) is 2. The summed E-state index contributed by atoms with van der Waals surface area (Å²) in [5.74, 6) is 0.546. The fraction of sp³-hybridized carbons (Fsp3) is 0.389. The molecule has 0 radical (unpaired) electrons. The number of nitrogens with one attached hydrogen (secondary N) is 1. The van der Waals surface area contributed by atoms with Gasteiger partial charge >= 0.3 is 0 Å². The van der Waals surface area contributed by atoms with E-state index in [1.54, 1.807) is 48.7 Å². The van der Waals surface area contributed by atoms with Gasteiger partial charge in [-0.3, -0.25) is 9.59 Å². The Labute approximate surface area is 155 Å². The van der Waals surface area contributed by atoms with Gasteiger partial charge in [0.25, 0.3) is 0 Å². The highest BCUT2D eigenvalue weighted by Gasteiger charge is 2.35. The highest BCUT2D eigenvalue weighted by Crippen LogP contribution is 2.34. The van der Waals surface area contributed by atoms with Crippen LogP contribution in [0.2, 0.25) is 0 Å². The molecule has 26 heavy (non-hydrogen) atoms. The van der Waals surface area contributed by atoms with Crippen LogP contribution in [-0.2, 0) is 16.1 Å². The predicted octanol–water partition coefficient (Wildman–Crippen LogP) is 2.14. The molecule has 1 N–H and O–H groups in total. The van der Waals surface area contributed by atoms with Crippen LogP contribution in [-0.4, -0.2) is 37.6 Å². The summed E-state index contributed by atoms with van der Waals surface area (Å²) in [4.78, 5) is 30.7. The quantitative estimate of drug-likeness (QED) is 0.837. The molecule has 1 aliphatic rings. The molecule has 1 fully saturated rings. The van der Waals surface area contributed by atoms with Crippen LogP contribution < -0.4 is 19.7 Å². The molecular formula is C18H21N3O4S. The van der Waals surface area contributed by atoms with Gasteiger partial charge in [0.2, 0.25) is 11.8 Å². The minimum atomic E-state index is -0.379. The molecule has 8 heteroatoms. The molecule has 2 amide bonds. The van der Waals surface area contributed by atoms with Crippen molar-refractivity contribution in [3.05, 3.63) is 34.3 Å². The molecule has 0 spiro atoms. The molecule has 0 saturated carbocycles. The summed E-state index contributed by atoms with van der Waals surface area (Å²) in [6, 6.07) is 5.28. The van der Waals surface area contributed by atoms with Crippen molar-refractivity contribution in [3.63, 3.8) is 0 Å². The molecule has 1 unspecified atom stereocenters. The number of carbonyl (C=O) groups excluding carboxylic acids is 2. The highest BCUT2D eigenvalue weighted by atomic mass is 32.1. The minimum absolute atomic E-state index is 0.0816. The van der Waals surface area contributed by atoms with Crippen LogP contribution in [0.3, 0.4) is 0 Å². The van der Waals surface area contributed by atoms with Gasteiger partial charge in [0.05, 0.1) is 37.4 Å². The fourth-order valence-corrected chi connectivity index (χ4v) is 3.55. The number of anilines is 1. The van der Waals surface area contributed by atoms with E-state index in [-0.39, 0.29) is 24.2 Å². The van der Waals surface area contributed by atoms with Crippen molar-refractivity contribution in [2.75, 3.05) is 25.7 Å². The highest BCUT2D eigenvalue weighted by molar-refractivity contribution is 7.09. The Balaban J connectivity index is 1.65. The van der Waals surface area contributed by atoms with E-state index in [4.69, 9.17) is 9.47 Å². The van der Waals surface area contributed by atoms with Gasteiger partial charge in [-0.15, -0.1) is 11.3 Å². The first-order valence-corrected chi connectivity index (χ1v) is 9.11. The van der Waals surface area contributed by atoms with E-state index in [1.165, 1.54) is 0 Å². The van der Waals surface area contributed by atoms with E-state index in [0.29, 0.717) is 30.3 Å². The SMILES string of the molecule is COc1ccc(N2CC(C(=O)NCc3csc(C)n3)CC2=O)cc1OC. The Morgan fingerprint density at radius 2 is 2.12 bits per heavy atom. The Morgan fingerprint density at radius 3 is 2.77 bits per heavy atom. The largest absolute Gasteiger partial charge is 0.493 e. The molecule has 1 saturated heterocycles. The van der Waals surface area contributed by atoms with Gasteiger partial charge in [-0.1, -0.05) is 0 Å². The third-order valence-electron chi connectivity index (χ3n) is 4.28. The number of hydrogen-bond acceptors (Lipinski definition) is 6. The molecule has 1 aromatic heterocycles. The maximum Gasteiger partial charge on any atom is 0.227 e. The number of carbonyl (C=O) groups is 2. The maximum absolute atomic E-state index is 12.4. The Kier molecular flexibility index (Phi) is 5.41. The molecule has 7 nitrogen and oxygen atoms in total. The average molecular weight is 375 g/mol. The molecule has 138 valence electrons. The van der Waals surface area contributed by atoms with Crippen LogP contribution in [0, 0.1) is 12.8 Å². The summed E-state index contributed by atoms with van der Waals surface area (Å²) in [6.07, 6.45) is 0.191. The second-order valence-corrected chi connectivity index (χ2v) is 7.08. The molecule has 1 atom stereocenters. The maximum atomic E-state index is 12.4. The van der Waals surface area contributed by atoms with Gasteiger partial charge in [0.1, 0.15) is 0 Å². The third kappa shape index (κ3) is 3.80. The zero-order valence-corrected chi connectivity index (χ0v) is 15.8. The normalized spacial score (nSPS) is 16.7. The number of hydrogen-bond donors (Lipinski definition) is 1. The lowest BCUT2D eigenvalue weighted by Crippen LogP contribution is -2.32. The number of methoxy groups -OCH3 is 2. The van der Waals surface area contributed by atoms with Crippen LogP contribution in [0.5, 0.6) is 11.5 Å². The lowest BCUT2D eigenvalue weighted by molar-refractivity contribution is -0.126. The molecule has 2 heterocycles. The summed E-state index contributed by atoms with van der Waals surface area (Å²) >= 11 is 1.55. The summed E-state index contributed by atoms with van der Waals surface area (Å²) in [7, 11) is 3.10. The Morgan fingerprint density at radius 1 is 1.35 bits per heavy atom. The Hall–Kier alpha value is -2.61. The number of ether oxygens (including phenoxy) is 2. The van der Waals surface area contributed by atoms with E-state index in [2.05, 4.69) is 10.3 Å². The van der Waals surface area contributed by atoms with Crippen molar-refractivity contribution >= 4 is 28.8 Å². The zero-order chi connectivity index (χ0) is 18.7. The topological polar surface area (TPSA) is 80.8 Å². The smallest absolute Gasteiger partial charge is 0.227 e. The fourth-order valence-electron chi connectivity index (χ4n) is 2.94. The molecule has 1 aromatic carbocycles. The Bertz CT molecular complexity index is 821. The first-order valence-electron chi connectivity index (χ1n) is 8.23. The average Bonchev–Trinajstić information content (AvgIpc) is 3.24. The van der Waals surface area contributed by atoms with E-state index in [0.717, 1.165) is 10.7 Å².